The lowest BCUT2D eigenvalue weighted by molar-refractivity contribution is -0.136. The van der Waals surface area contributed by atoms with Gasteiger partial charge < -0.3 is 5.11 Å². The monoisotopic (exact) mass is 409 g/mol. The van der Waals surface area contributed by atoms with Crippen LogP contribution in [-0.2, 0) is 21.2 Å². The summed E-state index contributed by atoms with van der Waals surface area (Å²) in [6, 6.07) is 20.5. The lowest BCUT2D eigenvalue weighted by atomic mass is 9.90. The van der Waals surface area contributed by atoms with Crippen molar-refractivity contribution >= 4 is 26.8 Å². The Kier molecular flexibility index (Phi) is 5.39. The van der Waals surface area contributed by atoms with Gasteiger partial charge in [0.05, 0.1) is 11.3 Å². The Morgan fingerprint density at radius 1 is 1.00 bits per heavy atom. The number of aliphatic carboxylic acids is 1. The van der Waals surface area contributed by atoms with Crippen molar-refractivity contribution in [2.45, 2.75) is 30.1 Å². The molecule has 3 aromatic rings. The molecule has 0 saturated carbocycles. The summed E-state index contributed by atoms with van der Waals surface area (Å²) in [5, 5.41) is 10.9. The quantitative estimate of drug-likeness (QED) is 0.690. The molecule has 0 bridgehead atoms. The van der Waals surface area contributed by atoms with Crippen LogP contribution in [0.15, 0.2) is 71.6 Å². The molecular weight excluding hydrogens is 386 g/mol. The van der Waals surface area contributed by atoms with E-state index < -0.39 is 16.0 Å². The van der Waals surface area contributed by atoms with Gasteiger partial charge in [-0.05, 0) is 52.8 Å². The number of hydrogen-bond acceptors (Lipinski definition) is 3. The minimum atomic E-state index is -3.58. The molecule has 150 valence electrons. The second kappa shape index (κ2) is 7.97. The fraction of sp³-hybridized carbons (Fsp3) is 0.261. The number of carboxylic acids is 1. The molecule has 6 heteroatoms. The van der Waals surface area contributed by atoms with Crippen molar-refractivity contribution in [3.05, 3.63) is 77.9 Å². The zero-order valence-electron chi connectivity index (χ0n) is 16.0. The zero-order chi connectivity index (χ0) is 20.4. The van der Waals surface area contributed by atoms with Crippen molar-refractivity contribution < 1.29 is 18.3 Å². The smallest absolute Gasteiger partial charge is 0.307 e. The maximum Gasteiger partial charge on any atom is 0.307 e. The average molecular weight is 410 g/mol. The van der Waals surface area contributed by atoms with Crippen LogP contribution >= 0.6 is 0 Å². The van der Waals surface area contributed by atoms with Crippen molar-refractivity contribution in [2.75, 3.05) is 13.1 Å². The van der Waals surface area contributed by atoms with Gasteiger partial charge in [-0.25, -0.2) is 8.42 Å². The fourth-order valence-electron chi connectivity index (χ4n) is 4.04. The molecule has 1 unspecified atom stereocenters. The number of fused-ring (bicyclic) bond motifs is 1. The van der Waals surface area contributed by atoms with Gasteiger partial charge in [0.15, 0.2) is 0 Å². The molecule has 0 aliphatic carbocycles. The van der Waals surface area contributed by atoms with Crippen LogP contribution in [0, 0.1) is 0 Å². The number of hydrogen-bond donors (Lipinski definition) is 1. The molecule has 1 fully saturated rings. The first kappa shape index (κ1) is 19.6. The van der Waals surface area contributed by atoms with E-state index >= 15 is 0 Å². The van der Waals surface area contributed by atoms with Crippen LogP contribution in [0.5, 0.6) is 0 Å². The first-order valence-electron chi connectivity index (χ1n) is 9.73. The highest BCUT2D eigenvalue weighted by atomic mass is 32.2. The summed E-state index contributed by atoms with van der Waals surface area (Å²) >= 11 is 0. The predicted octanol–water partition coefficient (Wildman–Crippen LogP) is 4.04. The third-order valence-electron chi connectivity index (χ3n) is 5.52. The van der Waals surface area contributed by atoms with Crippen molar-refractivity contribution in [3.8, 4) is 0 Å². The molecule has 0 spiro atoms. The van der Waals surface area contributed by atoms with Gasteiger partial charge in [-0.3, -0.25) is 4.79 Å². The van der Waals surface area contributed by atoms with Gasteiger partial charge in [-0.1, -0.05) is 54.6 Å². The molecule has 1 aliphatic heterocycles. The third-order valence-corrected chi connectivity index (χ3v) is 7.38. The largest absolute Gasteiger partial charge is 0.481 e. The van der Waals surface area contributed by atoms with Crippen LogP contribution in [0.2, 0.25) is 0 Å². The Hall–Kier alpha value is -2.70. The average Bonchev–Trinajstić information content (AvgIpc) is 2.73. The van der Waals surface area contributed by atoms with Gasteiger partial charge >= 0.3 is 5.97 Å². The zero-order valence-corrected chi connectivity index (χ0v) is 16.8. The van der Waals surface area contributed by atoms with E-state index in [-0.39, 0.29) is 12.3 Å². The number of piperidine rings is 1. The van der Waals surface area contributed by atoms with Gasteiger partial charge in [0.1, 0.15) is 0 Å². The van der Waals surface area contributed by atoms with Gasteiger partial charge in [-0.15, -0.1) is 0 Å². The highest BCUT2D eigenvalue weighted by molar-refractivity contribution is 7.89. The number of rotatable bonds is 5. The van der Waals surface area contributed by atoms with Crippen LogP contribution < -0.4 is 0 Å². The Morgan fingerprint density at radius 3 is 2.59 bits per heavy atom. The lowest BCUT2D eigenvalue weighted by Gasteiger charge is -2.32. The van der Waals surface area contributed by atoms with Gasteiger partial charge in [0, 0.05) is 13.1 Å². The molecule has 29 heavy (non-hydrogen) atoms. The summed E-state index contributed by atoms with van der Waals surface area (Å²) in [5.74, 6) is -0.806. The summed E-state index contributed by atoms with van der Waals surface area (Å²) in [6.07, 6.45) is 1.64. The second-order valence-electron chi connectivity index (χ2n) is 7.53. The number of nitrogens with zero attached hydrogens (tertiary/aromatic N) is 1. The van der Waals surface area contributed by atoms with Gasteiger partial charge in [-0.2, -0.15) is 4.31 Å². The van der Waals surface area contributed by atoms with Crippen LogP contribution in [0.25, 0.3) is 10.8 Å². The van der Waals surface area contributed by atoms with E-state index in [9.17, 15) is 13.2 Å². The van der Waals surface area contributed by atoms with Crippen LogP contribution in [-0.4, -0.2) is 36.9 Å². The van der Waals surface area contributed by atoms with E-state index in [4.69, 9.17) is 5.11 Å². The molecule has 4 rings (SSSR count). The molecule has 1 saturated heterocycles. The van der Waals surface area contributed by atoms with Crippen molar-refractivity contribution in [1.82, 2.24) is 4.31 Å². The maximum atomic E-state index is 13.3. The summed E-state index contributed by atoms with van der Waals surface area (Å²) in [4.78, 5) is 11.3. The fourth-order valence-corrected chi connectivity index (χ4v) is 5.60. The first-order chi connectivity index (χ1) is 13.9. The molecule has 3 aromatic carbocycles. The van der Waals surface area contributed by atoms with E-state index in [1.165, 1.54) is 0 Å². The van der Waals surface area contributed by atoms with E-state index in [2.05, 4.69) is 0 Å². The normalized spacial score (nSPS) is 18.0. The van der Waals surface area contributed by atoms with Gasteiger partial charge in [0.25, 0.3) is 0 Å². The summed E-state index contributed by atoms with van der Waals surface area (Å²) in [5.41, 5.74) is 1.74. The third kappa shape index (κ3) is 4.18. The Morgan fingerprint density at radius 2 is 1.79 bits per heavy atom. The van der Waals surface area contributed by atoms with E-state index in [1.54, 1.807) is 22.5 Å². The highest BCUT2D eigenvalue weighted by Crippen LogP contribution is 2.31. The Balaban J connectivity index is 1.59. The molecule has 5 nitrogen and oxygen atoms in total. The van der Waals surface area contributed by atoms with Crippen molar-refractivity contribution in [1.29, 1.82) is 0 Å². The Labute approximate surface area is 170 Å². The molecule has 0 amide bonds. The first-order valence-corrected chi connectivity index (χ1v) is 11.2. The standard InChI is InChI=1S/C23H23NO4S/c25-23(26)14-17-5-3-8-19(13-17)21-9-4-12-24(16-21)29(27,28)22-11-10-18-6-1-2-7-20(18)15-22/h1-3,5-8,10-11,13,15,21H,4,9,12,14,16H2,(H,25,26). The number of carboxylic acid groups (broad SMARTS) is 1. The van der Waals surface area contributed by atoms with Crippen LogP contribution in [0.1, 0.15) is 29.9 Å². The molecule has 1 atom stereocenters. The molecule has 1 heterocycles. The van der Waals surface area contributed by atoms with E-state index in [0.717, 1.165) is 34.7 Å². The van der Waals surface area contributed by atoms with E-state index in [0.29, 0.717) is 18.0 Å². The molecule has 0 aromatic heterocycles. The number of carbonyl (C=O) groups is 1. The summed E-state index contributed by atoms with van der Waals surface area (Å²) in [7, 11) is -3.58. The Bertz CT molecular complexity index is 1160. The lowest BCUT2D eigenvalue weighted by Crippen LogP contribution is -2.39. The summed E-state index contributed by atoms with van der Waals surface area (Å²) < 4.78 is 28.1. The SMILES string of the molecule is O=C(O)Cc1cccc(C2CCCN(S(=O)(=O)c3ccc4ccccc4c3)C2)c1. The predicted molar refractivity (Wildman–Crippen MR) is 112 cm³/mol. The maximum absolute atomic E-state index is 13.3. The van der Waals surface area contributed by atoms with Crippen LogP contribution in [0.4, 0.5) is 0 Å². The van der Waals surface area contributed by atoms with Crippen LogP contribution in [0.3, 0.4) is 0 Å². The molecule has 0 radical (unpaired) electrons. The second-order valence-corrected chi connectivity index (χ2v) is 9.46. The van der Waals surface area contributed by atoms with E-state index in [1.807, 2.05) is 48.5 Å². The minimum absolute atomic E-state index is 0.0281. The summed E-state index contributed by atoms with van der Waals surface area (Å²) in [6.45, 7) is 0.909. The highest BCUT2D eigenvalue weighted by Gasteiger charge is 2.31. The number of benzene rings is 3. The minimum Gasteiger partial charge on any atom is -0.481 e. The number of sulfonamides is 1. The van der Waals surface area contributed by atoms with Gasteiger partial charge in [0.2, 0.25) is 10.0 Å². The van der Waals surface area contributed by atoms with Crippen molar-refractivity contribution in [2.24, 2.45) is 0 Å². The molecule has 1 aliphatic rings. The topological polar surface area (TPSA) is 74.7 Å². The molecule has 1 N–H and O–H groups in total. The van der Waals surface area contributed by atoms with Crippen molar-refractivity contribution in [3.63, 3.8) is 0 Å². The molecular formula is C23H23NO4S.